The van der Waals surface area contributed by atoms with E-state index in [9.17, 15) is 0 Å². The number of hydrogen-bond acceptors (Lipinski definition) is 5. The summed E-state index contributed by atoms with van der Waals surface area (Å²) in [7, 11) is 0. The van der Waals surface area contributed by atoms with Crippen molar-refractivity contribution in [1.29, 1.82) is 0 Å². The molecule has 0 saturated carbocycles. The third-order valence-electron chi connectivity index (χ3n) is 2.09. The standard InChI is InChI=1S/C10H6ClN5S/c11-9-13-8(7-2-5-17-6-7)14-10(15-9)16-4-1-3-12-16/h1-6H. The molecule has 0 unspecified atom stereocenters. The van der Waals surface area contributed by atoms with Gasteiger partial charge in [-0.2, -0.15) is 31.4 Å². The molecule has 0 aliphatic heterocycles. The molecule has 0 bridgehead atoms. The molecule has 0 N–H and O–H groups in total. The summed E-state index contributed by atoms with van der Waals surface area (Å²) in [5.41, 5.74) is 0.924. The van der Waals surface area contributed by atoms with Crippen LogP contribution in [0.5, 0.6) is 0 Å². The average molecular weight is 264 g/mol. The highest BCUT2D eigenvalue weighted by Gasteiger charge is 2.09. The molecule has 0 amide bonds. The van der Waals surface area contributed by atoms with E-state index in [2.05, 4.69) is 20.1 Å². The van der Waals surface area contributed by atoms with E-state index >= 15 is 0 Å². The minimum absolute atomic E-state index is 0.159. The van der Waals surface area contributed by atoms with E-state index in [0.717, 1.165) is 5.56 Å². The van der Waals surface area contributed by atoms with Gasteiger partial charge in [0.2, 0.25) is 5.28 Å². The molecule has 0 fully saturated rings. The van der Waals surface area contributed by atoms with Crippen LogP contribution in [0.3, 0.4) is 0 Å². The van der Waals surface area contributed by atoms with Gasteiger partial charge in [-0.05, 0) is 29.1 Å². The zero-order valence-corrected chi connectivity index (χ0v) is 10.1. The van der Waals surface area contributed by atoms with Gasteiger partial charge in [-0.3, -0.25) is 0 Å². The quantitative estimate of drug-likeness (QED) is 0.713. The zero-order chi connectivity index (χ0) is 11.7. The summed E-state index contributed by atoms with van der Waals surface area (Å²) in [5, 5.41) is 8.13. The monoisotopic (exact) mass is 263 g/mol. The number of nitrogens with zero attached hydrogens (tertiary/aromatic N) is 5. The van der Waals surface area contributed by atoms with E-state index < -0.39 is 0 Å². The van der Waals surface area contributed by atoms with Gasteiger partial charge in [0.25, 0.3) is 5.95 Å². The Morgan fingerprint density at radius 1 is 1.24 bits per heavy atom. The SMILES string of the molecule is Clc1nc(-c2ccsc2)nc(-n2cccn2)n1. The fourth-order valence-corrected chi connectivity index (χ4v) is 2.14. The zero-order valence-electron chi connectivity index (χ0n) is 8.49. The maximum atomic E-state index is 5.88. The van der Waals surface area contributed by atoms with Crippen LogP contribution in [0.15, 0.2) is 35.3 Å². The summed E-state index contributed by atoms with van der Waals surface area (Å²) in [6.45, 7) is 0. The Balaban J connectivity index is 2.13. The van der Waals surface area contributed by atoms with Crippen molar-refractivity contribution in [3.05, 3.63) is 40.6 Å². The lowest BCUT2D eigenvalue weighted by molar-refractivity contribution is 0.798. The molecule has 0 spiro atoms. The minimum atomic E-state index is 0.159. The molecule has 3 aromatic heterocycles. The summed E-state index contributed by atoms with van der Waals surface area (Å²) in [6.07, 6.45) is 3.41. The Morgan fingerprint density at radius 2 is 2.18 bits per heavy atom. The van der Waals surface area contributed by atoms with Gasteiger partial charge in [0.05, 0.1) is 0 Å². The maximum absolute atomic E-state index is 5.88. The second-order valence-electron chi connectivity index (χ2n) is 3.19. The van der Waals surface area contributed by atoms with Crippen molar-refractivity contribution in [2.45, 2.75) is 0 Å². The van der Waals surface area contributed by atoms with Crippen LogP contribution in [0.2, 0.25) is 5.28 Å². The van der Waals surface area contributed by atoms with Crippen LogP contribution in [-0.2, 0) is 0 Å². The maximum Gasteiger partial charge on any atom is 0.255 e. The van der Waals surface area contributed by atoms with Crippen molar-refractivity contribution in [2.24, 2.45) is 0 Å². The molecule has 3 heterocycles. The molecule has 84 valence electrons. The third kappa shape index (κ3) is 2.04. The van der Waals surface area contributed by atoms with Gasteiger partial charge in [-0.25, -0.2) is 4.68 Å². The van der Waals surface area contributed by atoms with E-state index in [0.29, 0.717) is 11.8 Å². The van der Waals surface area contributed by atoms with Crippen LogP contribution >= 0.6 is 22.9 Å². The number of rotatable bonds is 2. The van der Waals surface area contributed by atoms with Gasteiger partial charge >= 0.3 is 0 Å². The van der Waals surface area contributed by atoms with Crippen LogP contribution in [-0.4, -0.2) is 24.7 Å². The summed E-state index contributed by atoms with van der Waals surface area (Å²) < 4.78 is 1.55. The average Bonchev–Trinajstić information content (AvgIpc) is 3.02. The molecule has 7 heteroatoms. The first kappa shape index (κ1) is 10.4. The summed E-state index contributed by atoms with van der Waals surface area (Å²) >= 11 is 7.46. The molecule has 5 nitrogen and oxygen atoms in total. The molecule has 3 aromatic rings. The molecule has 0 aliphatic carbocycles. The van der Waals surface area contributed by atoms with Gasteiger partial charge in [0.1, 0.15) is 0 Å². The Morgan fingerprint density at radius 3 is 2.88 bits per heavy atom. The predicted octanol–water partition coefficient (Wildman–Crippen LogP) is 2.44. The van der Waals surface area contributed by atoms with Gasteiger partial charge in [0.15, 0.2) is 5.82 Å². The van der Waals surface area contributed by atoms with E-state index in [4.69, 9.17) is 11.6 Å². The predicted molar refractivity (Wildman–Crippen MR) is 65.3 cm³/mol. The second-order valence-corrected chi connectivity index (χ2v) is 4.31. The molecule has 3 rings (SSSR count). The van der Waals surface area contributed by atoms with E-state index in [1.165, 1.54) is 0 Å². The Bertz CT molecular complexity index is 568. The van der Waals surface area contributed by atoms with Gasteiger partial charge < -0.3 is 0 Å². The van der Waals surface area contributed by atoms with Gasteiger partial charge in [0, 0.05) is 23.3 Å². The normalized spacial score (nSPS) is 10.6. The lowest BCUT2D eigenvalue weighted by Crippen LogP contribution is -2.04. The first-order valence-electron chi connectivity index (χ1n) is 4.77. The summed E-state index contributed by atoms with van der Waals surface area (Å²) in [6, 6.07) is 3.73. The van der Waals surface area contributed by atoms with Crippen molar-refractivity contribution in [2.75, 3.05) is 0 Å². The van der Waals surface area contributed by atoms with Crippen molar-refractivity contribution < 1.29 is 0 Å². The number of hydrogen-bond donors (Lipinski definition) is 0. The number of aromatic nitrogens is 5. The largest absolute Gasteiger partial charge is 0.255 e. The van der Waals surface area contributed by atoms with Gasteiger partial charge in [-0.15, -0.1) is 0 Å². The fraction of sp³-hybridized carbons (Fsp3) is 0. The van der Waals surface area contributed by atoms with Crippen LogP contribution in [0, 0.1) is 0 Å². The van der Waals surface area contributed by atoms with Crippen molar-refractivity contribution in [3.8, 4) is 17.3 Å². The topological polar surface area (TPSA) is 56.5 Å². The van der Waals surface area contributed by atoms with Crippen LogP contribution < -0.4 is 0 Å². The minimum Gasteiger partial charge on any atom is -0.206 e. The van der Waals surface area contributed by atoms with Crippen molar-refractivity contribution in [3.63, 3.8) is 0 Å². The lowest BCUT2D eigenvalue weighted by atomic mass is 10.3. The molecular weight excluding hydrogens is 258 g/mol. The first-order chi connectivity index (χ1) is 8.33. The Labute approximate surface area is 106 Å². The highest BCUT2D eigenvalue weighted by atomic mass is 35.5. The smallest absolute Gasteiger partial charge is 0.206 e. The molecule has 0 radical (unpaired) electrons. The highest BCUT2D eigenvalue weighted by molar-refractivity contribution is 7.08. The van der Waals surface area contributed by atoms with Crippen molar-refractivity contribution in [1.82, 2.24) is 24.7 Å². The Kier molecular flexibility index (Phi) is 2.58. The van der Waals surface area contributed by atoms with E-state index in [-0.39, 0.29) is 5.28 Å². The second kappa shape index (κ2) is 4.23. The van der Waals surface area contributed by atoms with E-state index in [1.54, 1.807) is 34.5 Å². The van der Waals surface area contributed by atoms with Gasteiger partial charge in [-0.1, -0.05) is 0 Å². The molecule has 0 atom stereocenters. The molecule has 0 aromatic carbocycles. The molecular formula is C10H6ClN5S. The van der Waals surface area contributed by atoms with Crippen LogP contribution in [0.25, 0.3) is 17.3 Å². The van der Waals surface area contributed by atoms with Crippen LogP contribution in [0.1, 0.15) is 0 Å². The molecule has 0 saturated heterocycles. The Hall–Kier alpha value is -1.79. The number of thiophene rings is 1. The lowest BCUT2D eigenvalue weighted by Gasteiger charge is -2.02. The van der Waals surface area contributed by atoms with Crippen molar-refractivity contribution >= 4 is 22.9 Å². The third-order valence-corrected chi connectivity index (χ3v) is 2.94. The first-order valence-corrected chi connectivity index (χ1v) is 6.09. The fourth-order valence-electron chi connectivity index (χ4n) is 1.35. The summed E-state index contributed by atoms with van der Waals surface area (Å²) in [5.74, 6) is 0.966. The van der Waals surface area contributed by atoms with E-state index in [1.807, 2.05) is 16.8 Å². The van der Waals surface area contributed by atoms with Crippen LogP contribution in [0.4, 0.5) is 0 Å². The highest BCUT2D eigenvalue weighted by Crippen LogP contribution is 2.19. The number of halogens is 1. The summed E-state index contributed by atoms with van der Waals surface area (Å²) in [4.78, 5) is 12.4. The molecule has 17 heavy (non-hydrogen) atoms. The molecule has 0 aliphatic rings.